The van der Waals surface area contributed by atoms with Gasteiger partial charge in [-0.3, -0.25) is 14.1 Å². The molecule has 0 heterocycles. The predicted octanol–water partition coefficient (Wildman–Crippen LogP) is 13.0. The second-order valence-corrected chi connectivity index (χ2v) is 15.5. The zero-order valence-corrected chi connectivity index (χ0v) is 34.4. The Bertz CT molecular complexity index is 941. The van der Waals surface area contributed by atoms with Crippen LogP contribution in [0, 0.1) is 0 Å². The molecule has 0 fully saturated rings. The molecule has 0 saturated heterocycles. The third kappa shape index (κ3) is 41.0. The van der Waals surface area contributed by atoms with Crippen molar-refractivity contribution in [2.75, 3.05) is 13.2 Å². The maximum atomic E-state index is 12.4. The van der Waals surface area contributed by atoms with Gasteiger partial charge in [-0.15, -0.1) is 0 Å². The quantitative estimate of drug-likeness (QED) is 0.0275. The first-order valence-corrected chi connectivity index (χ1v) is 22.8. The van der Waals surface area contributed by atoms with Crippen LogP contribution in [0.25, 0.3) is 0 Å². The van der Waals surface area contributed by atoms with Crippen LogP contribution in [0.3, 0.4) is 0 Å². The number of unbranched alkanes of at least 4 members (excludes halogenated alkanes) is 23. The Morgan fingerprint density at radius 2 is 0.885 bits per heavy atom. The van der Waals surface area contributed by atoms with Crippen molar-refractivity contribution in [3.63, 3.8) is 0 Å². The topological polar surface area (TPSA) is 119 Å². The lowest BCUT2D eigenvalue weighted by Gasteiger charge is -2.18. The molecule has 0 unspecified atom stereocenters. The highest BCUT2D eigenvalue weighted by Crippen LogP contribution is 2.36. The van der Waals surface area contributed by atoms with E-state index in [1.807, 2.05) is 6.08 Å². The van der Waals surface area contributed by atoms with Crippen molar-refractivity contribution >= 4 is 19.8 Å². The second-order valence-electron chi connectivity index (χ2n) is 14.3. The molecule has 0 aliphatic carbocycles. The van der Waals surface area contributed by atoms with E-state index in [2.05, 4.69) is 48.8 Å². The lowest BCUT2D eigenvalue weighted by Crippen LogP contribution is -2.29. The molecule has 0 amide bonds. The van der Waals surface area contributed by atoms with Gasteiger partial charge in [0.1, 0.15) is 6.61 Å². The fourth-order valence-electron chi connectivity index (χ4n) is 5.94. The maximum Gasteiger partial charge on any atom is 0.469 e. The normalized spacial score (nSPS) is 12.8. The molecular formula is C43H79O8P. The van der Waals surface area contributed by atoms with Crippen LogP contribution in [-0.4, -0.2) is 41.0 Å². The van der Waals surface area contributed by atoms with Gasteiger partial charge in [-0.2, -0.15) is 0 Å². The highest BCUT2D eigenvalue weighted by Gasteiger charge is 2.22. The van der Waals surface area contributed by atoms with E-state index in [0.29, 0.717) is 6.42 Å². The molecule has 8 nitrogen and oxygen atoms in total. The smallest absolute Gasteiger partial charge is 0.462 e. The maximum absolute atomic E-state index is 12.4. The number of rotatable bonds is 39. The summed E-state index contributed by atoms with van der Waals surface area (Å²) in [5, 5.41) is 0. The number of esters is 2. The van der Waals surface area contributed by atoms with E-state index in [9.17, 15) is 14.2 Å². The Hall–Kier alpha value is -1.73. The van der Waals surface area contributed by atoms with E-state index >= 15 is 0 Å². The Morgan fingerprint density at radius 1 is 0.500 bits per heavy atom. The molecule has 1 atom stereocenters. The van der Waals surface area contributed by atoms with Crippen LogP contribution in [-0.2, 0) is 28.2 Å². The van der Waals surface area contributed by atoms with Gasteiger partial charge in [-0.25, -0.2) is 4.57 Å². The van der Waals surface area contributed by atoms with Crippen LogP contribution in [0.5, 0.6) is 0 Å². The molecule has 52 heavy (non-hydrogen) atoms. The zero-order valence-electron chi connectivity index (χ0n) is 33.5. The summed E-state index contributed by atoms with van der Waals surface area (Å²) in [5.41, 5.74) is 0. The fourth-order valence-corrected chi connectivity index (χ4v) is 6.30. The molecule has 0 rings (SSSR count). The summed E-state index contributed by atoms with van der Waals surface area (Å²) >= 11 is 0. The first-order chi connectivity index (χ1) is 25.3. The van der Waals surface area contributed by atoms with Gasteiger partial charge in [-0.1, -0.05) is 166 Å². The Labute approximate surface area is 319 Å². The van der Waals surface area contributed by atoms with E-state index in [4.69, 9.17) is 19.3 Å². The van der Waals surface area contributed by atoms with Gasteiger partial charge < -0.3 is 19.3 Å². The lowest BCUT2D eigenvalue weighted by atomic mass is 10.1. The number of hydrogen-bond donors (Lipinski definition) is 2. The van der Waals surface area contributed by atoms with Gasteiger partial charge in [0.15, 0.2) is 6.10 Å². The van der Waals surface area contributed by atoms with Gasteiger partial charge in [0, 0.05) is 12.8 Å². The SMILES string of the molecule is CCCCCC/C=C/CCCCCCCCCCCC(=O)OC[C@H](COP(=O)(O)O)OC(=O)CCC/C=C/C/C=C/CCCCCCCCCCC. The summed E-state index contributed by atoms with van der Waals surface area (Å²) in [6, 6.07) is 0. The van der Waals surface area contributed by atoms with Crippen LogP contribution in [0.15, 0.2) is 36.5 Å². The van der Waals surface area contributed by atoms with E-state index in [0.717, 1.165) is 44.9 Å². The van der Waals surface area contributed by atoms with E-state index in [1.54, 1.807) is 0 Å². The van der Waals surface area contributed by atoms with E-state index in [1.165, 1.54) is 128 Å². The molecule has 0 aromatic carbocycles. The summed E-state index contributed by atoms with van der Waals surface area (Å²) in [6.07, 6.45) is 45.9. The molecule has 9 heteroatoms. The minimum absolute atomic E-state index is 0.149. The summed E-state index contributed by atoms with van der Waals surface area (Å²) in [5.74, 6) is -0.936. The van der Waals surface area contributed by atoms with Crippen molar-refractivity contribution in [1.82, 2.24) is 0 Å². The average Bonchev–Trinajstić information content (AvgIpc) is 3.11. The molecule has 2 N–H and O–H groups in total. The van der Waals surface area contributed by atoms with Crippen molar-refractivity contribution in [1.29, 1.82) is 0 Å². The Balaban J connectivity index is 3.96. The van der Waals surface area contributed by atoms with Gasteiger partial charge in [0.05, 0.1) is 6.61 Å². The molecular weight excluding hydrogens is 675 g/mol. The molecule has 0 aromatic rings. The molecule has 0 spiro atoms. The van der Waals surface area contributed by atoms with Gasteiger partial charge in [-0.05, 0) is 64.2 Å². The van der Waals surface area contributed by atoms with Crippen molar-refractivity contribution in [3.8, 4) is 0 Å². The summed E-state index contributed by atoms with van der Waals surface area (Å²) in [6.45, 7) is 3.65. The number of ether oxygens (including phenoxy) is 2. The molecule has 0 bridgehead atoms. The number of carbonyl (C=O) groups is 2. The minimum Gasteiger partial charge on any atom is -0.462 e. The highest BCUT2D eigenvalue weighted by molar-refractivity contribution is 7.46. The summed E-state index contributed by atoms with van der Waals surface area (Å²) < 4.78 is 26.3. The fraction of sp³-hybridized carbons (Fsp3) is 0.814. The first kappa shape index (κ1) is 50.3. The highest BCUT2D eigenvalue weighted by atomic mass is 31.2. The molecule has 0 aromatic heterocycles. The zero-order chi connectivity index (χ0) is 38.2. The van der Waals surface area contributed by atoms with Crippen LogP contribution >= 0.6 is 7.82 Å². The van der Waals surface area contributed by atoms with Gasteiger partial charge in [0.25, 0.3) is 0 Å². The van der Waals surface area contributed by atoms with Crippen molar-refractivity contribution in [2.24, 2.45) is 0 Å². The number of phosphoric ester groups is 1. The summed E-state index contributed by atoms with van der Waals surface area (Å²) in [7, 11) is -4.76. The molecule has 0 saturated carbocycles. The van der Waals surface area contributed by atoms with Crippen LogP contribution < -0.4 is 0 Å². The number of phosphoric acid groups is 1. The van der Waals surface area contributed by atoms with Crippen LogP contribution in [0.1, 0.15) is 206 Å². The molecule has 304 valence electrons. The van der Waals surface area contributed by atoms with E-state index < -0.39 is 32.5 Å². The predicted molar refractivity (Wildman–Crippen MR) is 216 cm³/mol. The van der Waals surface area contributed by atoms with Crippen molar-refractivity contribution in [3.05, 3.63) is 36.5 Å². The molecule has 0 radical (unpaired) electrons. The lowest BCUT2D eigenvalue weighted by molar-refractivity contribution is -0.161. The Kier molecular flexibility index (Phi) is 37.7. The van der Waals surface area contributed by atoms with Crippen LogP contribution in [0.4, 0.5) is 0 Å². The molecule has 0 aliphatic heterocycles. The van der Waals surface area contributed by atoms with Gasteiger partial charge >= 0.3 is 19.8 Å². The first-order valence-electron chi connectivity index (χ1n) is 21.3. The van der Waals surface area contributed by atoms with Gasteiger partial charge in [0.2, 0.25) is 0 Å². The monoisotopic (exact) mass is 755 g/mol. The van der Waals surface area contributed by atoms with E-state index in [-0.39, 0.29) is 19.4 Å². The minimum atomic E-state index is -4.76. The third-order valence-corrected chi connectivity index (χ3v) is 9.62. The number of hydrogen-bond acceptors (Lipinski definition) is 6. The third-order valence-electron chi connectivity index (χ3n) is 9.13. The summed E-state index contributed by atoms with van der Waals surface area (Å²) in [4.78, 5) is 42.8. The van der Waals surface area contributed by atoms with Crippen molar-refractivity contribution < 1.29 is 37.9 Å². The number of allylic oxidation sites excluding steroid dienone is 6. The average molecular weight is 755 g/mol. The number of carbonyl (C=O) groups excluding carboxylic acids is 2. The van der Waals surface area contributed by atoms with Crippen molar-refractivity contribution in [2.45, 2.75) is 213 Å². The Morgan fingerprint density at radius 3 is 1.37 bits per heavy atom. The standard InChI is InChI=1S/C43H79O8P/c1-3-5-7-9-11-13-15-17-19-21-23-25-27-29-31-33-35-37-42(44)49-39-41(40-50-52(46,47)48)51-43(45)38-36-34-32-30-28-26-24-22-20-18-16-14-12-10-8-6-4-2/h13,15,24,26,30,32,41H,3-12,14,16-23,25,27-29,31,33-40H2,1-2H3,(H2,46,47,48)/b15-13+,26-24+,32-30+/t41-/m1/s1. The van der Waals surface area contributed by atoms with Crippen LogP contribution in [0.2, 0.25) is 0 Å². The largest absolute Gasteiger partial charge is 0.469 e. The molecule has 0 aliphatic rings. The second kappa shape index (κ2) is 39.0.